The highest BCUT2D eigenvalue weighted by Gasteiger charge is 2.48. The molecule has 2 amide bonds. The zero-order chi connectivity index (χ0) is 45.7. The molecule has 2 aromatic carbocycles. The van der Waals surface area contributed by atoms with Crippen molar-refractivity contribution in [3.05, 3.63) is 46.5 Å². The molecule has 10 atom stereocenters. The molecule has 2 aliphatic heterocycles. The van der Waals surface area contributed by atoms with E-state index in [4.69, 9.17) is 38.6 Å². The van der Waals surface area contributed by atoms with Crippen molar-refractivity contribution in [2.45, 2.75) is 96.5 Å². The minimum atomic E-state index is -1.58. The molecule has 346 valence electrons. The van der Waals surface area contributed by atoms with E-state index in [1.54, 1.807) is 13.8 Å². The third kappa shape index (κ3) is 13.8. The fraction of sp³-hybridized carbons (Fsp3) is 0.610. The van der Waals surface area contributed by atoms with Crippen molar-refractivity contribution < 1.29 is 64.7 Å². The number of carbonyl (C=O) groups excluding carboxylic acids is 2. The molecule has 6 unspecified atom stereocenters. The summed E-state index contributed by atoms with van der Waals surface area (Å²) in [5.41, 5.74) is 1.11. The molecule has 0 spiro atoms. The normalized spacial score (nSPS) is 25.9. The van der Waals surface area contributed by atoms with Crippen LogP contribution < -0.4 is 31.9 Å². The van der Waals surface area contributed by atoms with Crippen LogP contribution in [0.5, 0.6) is 23.0 Å². The van der Waals surface area contributed by atoms with Crippen molar-refractivity contribution in [3.63, 3.8) is 0 Å². The first-order chi connectivity index (χ1) is 29.4. The predicted octanol–water partition coefficient (Wildman–Crippen LogP) is 0.204. The Hall–Kier alpha value is -4.32. The number of rotatable bonds is 19. The molecule has 2 heterocycles. The van der Waals surface area contributed by atoms with Gasteiger partial charge in [-0.15, -0.1) is 0 Å². The molecule has 4 rings (SSSR count). The minimum absolute atomic E-state index is 0.0312. The lowest BCUT2D eigenvalue weighted by molar-refractivity contribution is -0.362. The van der Waals surface area contributed by atoms with Crippen LogP contribution in [0.15, 0.2) is 24.3 Å². The van der Waals surface area contributed by atoms with Gasteiger partial charge in [-0.1, -0.05) is 13.8 Å². The van der Waals surface area contributed by atoms with Crippen LogP contribution in [0.1, 0.15) is 71.4 Å². The van der Waals surface area contributed by atoms with Crippen molar-refractivity contribution in [1.82, 2.24) is 31.9 Å². The number of phenolic OH excluding ortho intramolecular Hbond substituents is 4. The lowest BCUT2D eigenvalue weighted by Crippen LogP contribution is -2.61. The van der Waals surface area contributed by atoms with E-state index in [1.165, 1.54) is 12.1 Å². The molecule has 14 N–H and O–H groups in total. The number of hydrogen-bond donors (Lipinski definition) is 14. The molecule has 2 aromatic rings. The average molecular weight is 911 g/mol. The van der Waals surface area contributed by atoms with Crippen LogP contribution in [-0.2, 0) is 14.2 Å². The van der Waals surface area contributed by atoms with Gasteiger partial charge in [0.05, 0.1) is 36.0 Å². The SMILES string of the molecule is Cc1cc(O)cc(O)c1C(=O)NCCCCNC(=S)NCC1O[C@H](O[C@H]2OC(CNC(=S)NCCCCNC(=O)c3c(C)cc(O)cc3O)[C@@H](CO)C(O)C2O)C(O)C(C)[C@@H]1C. The molecule has 0 saturated carbocycles. The zero-order valence-electron chi connectivity index (χ0n) is 35.3. The molecule has 21 heteroatoms. The number of aliphatic hydroxyl groups excluding tert-OH is 4. The summed E-state index contributed by atoms with van der Waals surface area (Å²) in [6.45, 7) is 8.44. The van der Waals surface area contributed by atoms with Crippen molar-refractivity contribution in [1.29, 1.82) is 0 Å². The number of unbranched alkanes of at least 4 members (excludes halogenated alkanes) is 2. The van der Waals surface area contributed by atoms with Gasteiger partial charge in [0.2, 0.25) is 0 Å². The third-order valence-electron chi connectivity index (χ3n) is 11.2. The lowest BCUT2D eigenvalue weighted by Gasteiger charge is -2.46. The van der Waals surface area contributed by atoms with Gasteiger partial charge >= 0.3 is 0 Å². The maximum atomic E-state index is 12.5. The van der Waals surface area contributed by atoms with Crippen LogP contribution in [0.25, 0.3) is 0 Å². The minimum Gasteiger partial charge on any atom is -0.508 e. The van der Waals surface area contributed by atoms with E-state index in [9.17, 15) is 50.4 Å². The van der Waals surface area contributed by atoms with Gasteiger partial charge in [0.1, 0.15) is 35.2 Å². The fourth-order valence-electron chi connectivity index (χ4n) is 7.37. The number of carbonyl (C=O) groups is 2. The fourth-order valence-corrected chi connectivity index (χ4v) is 7.74. The van der Waals surface area contributed by atoms with Crippen LogP contribution >= 0.6 is 24.4 Å². The number of benzene rings is 2. The van der Waals surface area contributed by atoms with Crippen molar-refractivity contribution in [2.75, 3.05) is 45.9 Å². The Bertz CT molecular complexity index is 1800. The van der Waals surface area contributed by atoms with E-state index in [-0.39, 0.29) is 64.2 Å². The third-order valence-corrected chi connectivity index (χ3v) is 11.8. The summed E-state index contributed by atoms with van der Waals surface area (Å²) < 4.78 is 18.2. The topological polar surface area (TPSA) is 296 Å². The quantitative estimate of drug-likeness (QED) is 0.0662. The Morgan fingerprint density at radius 1 is 0.613 bits per heavy atom. The van der Waals surface area contributed by atoms with E-state index in [0.717, 1.165) is 12.1 Å². The van der Waals surface area contributed by atoms with E-state index in [0.29, 0.717) is 68.1 Å². The van der Waals surface area contributed by atoms with Gasteiger partial charge in [-0.25, -0.2) is 0 Å². The predicted molar refractivity (Wildman–Crippen MR) is 235 cm³/mol. The van der Waals surface area contributed by atoms with E-state index in [2.05, 4.69) is 31.9 Å². The monoisotopic (exact) mass is 910 g/mol. The summed E-state index contributed by atoms with van der Waals surface area (Å²) in [5, 5.41) is 101. The molecule has 0 bridgehead atoms. The standard InChI is InChI=1S/C41H62N6O13S2/c1-20-13-24(49)15-27(51)31(20)36(56)42-9-5-7-11-44-40(61)46-17-29-22(3)23(4)33(53)38(58-29)60-39-35(55)34(54)26(19-48)30(59-39)18-47-41(62)45-12-8-6-10-43-37(57)32-21(2)14-25(50)16-28(32)52/h13-16,22-23,26,29-30,33-35,38-39,48-55H,5-12,17-19H2,1-4H3,(H,42,56)(H,43,57)(H2,44,46,61)(H2,45,47,62)/t22-,23?,26+,29?,30?,33?,34?,35?,38+,39+/m0/s1. The number of thiocarbonyl (C=S) groups is 2. The van der Waals surface area contributed by atoms with Crippen molar-refractivity contribution in [2.24, 2.45) is 17.8 Å². The average Bonchev–Trinajstić information content (AvgIpc) is 3.20. The molecule has 62 heavy (non-hydrogen) atoms. The summed E-state index contributed by atoms with van der Waals surface area (Å²) in [6, 6.07) is 5.02. The molecule has 0 aliphatic carbocycles. The Morgan fingerprint density at radius 2 is 1.03 bits per heavy atom. The van der Waals surface area contributed by atoms with Gasteiger partial charge in [0, 0.05) is 57.3 Å². The summed E-state index contributed by atoms with van der Waals surface area (Å²) in [6.07, 6.45) is -5.64. The maximum Gasteiger partial charge on any atom is 0.255 e. The summed E-state index contributed by atoms with van der Waals surface area (Å²) in [7, 11) is 0. The Kier molecular flexibility index (Phi) is 19.4. The van der Waals surface area contributed by atoms with Gasteiger partial charge in [-0.3, -0.25) is 9.59 Å². The van der Waals surface area contributed by atoms with Crippen LogP contribution in [0.4, 0.5) is 0 Å². The Balaban J connectivity index is 1.17. The van der Waals surface area contributed by atoms with Crippen LogP contribution in [0.2, 0.25) is 0 Å². The van der Waals surface area contributed by atoms with Gasteiger partial charge < -0.3 is 87.0 Å². The number of aliphatic hydroxyl groups is 4. The number of aryl methyl sites for hydroxylation is 2. The van der Waals surface area contributed by atoms with E-state index < -0.39 is 67.4 Å². The Labute approximate surface area is 371 Å². The number of aromatic hydroxyl groups is 4. The second-order valence-corrected chi connectivity index (χ2v) is 16.6. The molecular formula is C41H62N6O13S2. The number of amides is 2. The van der Waals surface area contributed by atoms with Gasteiger partial charge in [-0.05, 0) is 99.1 Å². The first-order valence-corrected chi connectivity index (χ1v) is 21.5. The van der Waals surface area contributed by atoms with Crippen LogP contribution in [0, 0.1) is 31.6 Å². The van der Waals surface area contributed by atoms with E-state index in [1.807, 2.05) is 13.8 Å². The van der Waals surface area contributed by atoms with Gasteiger partial charge in [0.25, 0.3) is 11.8 Å². The number of hydrogen-bond acceptors (Lipinski definition) is 15. The lowest BCUT2D eigenvalue weighted by atomic mass is 9.83. The molecule has 0 radical (unpaired) electrons. The number of phenols is 4. The number of nitrogens with one attached hydrogen (secondary N) is 6. The molecule has 0 aromatic heterocycles. The molecule has 2 fully saturated rings. The van der Waals surface area contributed by atoms with Crippen molar-refractivity contribution in [3.8, 4) is 23.0 Å². The molecular weight excluding hydrogens is 849 g/mol. The highest BCUT2D eigenvalue weighted by Crippen LogP contribution is 2.35. The highest BCUT2D eigenvalue weighted by atomic mass is 32.1. The van der Waals surface area contributed by atoms with Crippen LogP contribution in [0.3, 0.4) is 0 Å². The summed E-state index contributed by atoms with van der Waals surface area (Å²) in [5.74, 6) is -3.11. The Morgan fingerprint density at radius 3 is 1.48 bits per heavy atom. The number of ether oxygens (including phenoxy) is 3. The zero-order valence-corrected chi connectivity index (χ0v) is 36.9. The molecule has 19 nitrogen and oxygen atoms in total. The largest absolute Gasteiger partial charge is 0.508 e. The van der Waals surface area contributed by atoms with Crippen molar-refractivity contribution >= 4 is 46.5 Å². The maximum absolute atomic E-state index is 12.5. The smallest absolute Gasteiger partial charge is 0.255 e. The first-order valence-electron chi connectivity index (χ1n) is 20.7. The van der Waals surface area contributed by atoms with E-state index >= 15 is 0 Å². The molecule has 2 aliphatic rings. The second kappa shape index (κ2) is 23.9. The first kappa shape index (κ1) is 50.3. The van der Waals surface area contributed by atoms with Gasteiger partial charge in [0.15, 0.2) is 22.8 Å². The highest BCUT2D eigenvalue weighted by molar-refractivity contribution is 7.80. The molecule has 2 saturated heterocycles. The van der Waals surface area contributed by atoms with Crippen LogP contribution in [-0.4, -0.2) is 152 Å². The summed E-state index contributed by atoms with van der Waals surface area (Å²) in [4.78, 5) is 25.0. The second-order valence-electron chi connectivity index (χ2n) is 15.8. The summed E-state index contributed by atoms with van der Waals surface area (Å²) >= 11 is 10.9. The van der Waals surface area contributed by atoms with Gasteiger partial charge in [-0.2, -0.15) is 0 Å².